The van der Waals surface area contributed by atoms with E-state index in [4.69, 9.17) is 25.8 Å². The Hall–Kier alpha value is -3.37. The maximum atomic E-state index is 12.2. The second kappa shape index (κ2) is 10.7. The van der Waals surface area contributed by atoms with E-state index in [0.717, 1.165) is 5.75 Å². The first-order valence-electron chi connectivity index (χ1n) is 8.32. The van der Waals surface area contributed by atoms with E-state index in [1.165, 1.54) is 13.3 Å². The standard InChI is InChI=1S/C20H20ClN3O4/c1-26-16-4-6-17(7-5-16)28-10-9-23-13-14(12-22)20(25)24-15-3-8-19(27-2)18(21)11-15/h3-8,11,13,23H,9-10H2,1-2H3,(H,24,25)/b14-13-. The fourth-order valence-electron chi connectivity index (χ4n) is 2.17. The summed E-state index contributed by atoms with van der Waals surface area (Å²) in [6.45, 7) is 0.774. The number of rotatable bonds is 9. The third kappa shape index (κ3) is 6.11. The van der Waals surface area contributed by atoms with Crippen LogP contribution in [0.2, 0.25) is 5.02 Å². The molecule has 8 heteroatoms. The van der Waals surface area contributed by atoms with E-state index in [1.807, 2.05) is 6.07 Å². The van der Waals surface area contributed by atoms with Crippen LogP contribution < -0.4 is 24.8 Å². The predicted octanol–water partition coefficient (Wildman–Crippen LogP) is 3.37. The lowest BCUT2D eigenvalue weighted by atomic mass is 10.2. The molecule has 0 fully saturated rings. The first-order valence-corrected chi connectivity index (χ1v) is 8.70. The van der Waals surface area contributed by atoms with Gasteiger partial charge < -0.3 is 24.8 Å². The first-order chi connectivity index (χ1) is 13.6. The minimum absolute atomic E-state index is 0.0728. The number of carbonyl (C=O) groups is 1. The number of amides is 1. The largest absolute Gasteiger partial charge is 0.497 e. The average molecular weight is 402 g/mol. The summed E-state index contributed by atoms with van der Waals surface area (Å²) in [5.74, 6) is 1.39. The van der Waals surface area contributed by atoms with Crippen molar-refractivity contribution >= 4 is 23.2 Å². The number of hydrogen-bond acceptors (Lipinski definition) is 6. The highest BCUT2D eigenvalue weighted by atomic mass is 35.5. The molecule has 0 bridgehead atoms. The lowest BCUT2D eigenvalue weighted by Crippen LogP contribution is -2.20. The van der Waals surface area contributed by atoms with Gasteiger partial charge in [-0.1, -0.05) is 11.6 Å². The second-order valence-corrected chi connectivity index (χ2v) is 5.86. The van der Waals surface area contributed by atoms with Gasteiger partial charge in [-0.2, -0.15) is 5.26 Å². The van der Waals surface area contributed by atoms with E-state index in [0.29, 0.717) is 35.4 Å². The highest BCUT2D eigenvalue weighted by Crippen LogP contribution is 2.27. The molecule has 0 saturated carbocycles. The zero-order valence-corrected chi connectivity index (χ0v) is 16.2. The second-order valence-electron chi connectivity index (χ2n) is 5.45. The molecule has 2 aromatic carbocycles. The van der Waals surface area contributed by atoms with Gasteiger partial charge in [0.2, 0.25) is 0 Å². The lowest BCUT2D eigenvalue weighted by molar-refractivity contribution is -0.112. The van der Waals surface area contributed by atoms with Crippen LogP contribution in [0.3, 0.4) is 0 Å². The molecule has 0 atom stereocenters. The number of nitrogens with one attached hydrogen (secondary N) is 2. The van der Waals surface area contributed by atoms with Gasteiger partial charge in [-0.15, -0.1) is 0 Å². The van der Waals surface area contributed by atoms with Crippen molar-refractivity contribution in [3.63, 3.8) is 0 Å². The van der Waals surface area contributed by atoms with Gasteiger partial charge in [0.05, 0.1) is 19.2 Å². The predicted molar refractivity (Wildman–Crippen MR) is 107 cm³/mol. The Morgan fingerprint density at radius 1 is 1.14 bits per heavy atom. The van der Waals surface area contributed by atoms with E-state index in [9.17, 15) is 10.1 Å². The van der Waals surface area contributed by atoms with Crippen LogP contribution in [0.15, 0.2) is 54.2 Å². The first kappa shape index (κ1) is 20.9. The molecule has 7 nitrogen and oxygen atoms in total. The van der Waals surface area contributed by atoms with Crippen molar-refractivity contribution in [1.82, 2.24) is 5.32 Å². The van der Waals surface area contributed by atoms with Gasteiger partial charge in [-0.3, -0.25) is 4.79 Å². The van der Waals surface area contributed by atoms with Crippen LogP contribution in [0.4, 0.5) is 5.69 Å². The van der Waals surface area contributed by atoms with Crippen LogP contribution >= 0.6 is 11.6 Å². The van der Waals surface area contributed by atoms with Gasteiger partial charge in [0, 0.05) is 18.4 Å². The summed E-state index contributed by atoms with van der Waals surface area (Å²) in [5, 5.41) is 15.0. The SMILES string of the molecule is COc1ccc(OCCN/C=C(/C#N)C(=O)Nc2ccc(OC)c(Cl)c2)cc1. The van der Waals surface area contributed by atoms with Crippen molar-refractivity contribution in [1.29, 1.82) is 5.26 Å². The molecule has 2 aromatic rings. The molecule has 0 radical (unpaired) electrons. The molecule has 0 unspecified atom stereocenters. The lowest BCUT2D eigenvalue weighted by Gasteiger charge is -2.08. The highest BCUT2D eigenvalue weighted by Gasteiger charge is 2.10. The maximum absolute atomic E-state index is 12.2. The van der Waals surface area contributed by atoms with Crippen LogP contribution in [-0.4, -0.2) is 33.3 Å². The number of anilines is 1. The minimum Gasteiger partial charge on any atom is -0.497 e. The van der Waals surface area contributed by atoms with Gasteiger partial charge in [0.25, 0.3) is 5.91 Å². The third-order valence-corrected chi connectivity index (χ3v) is 3.89. The van der Waals surface area contributed by atoms with Gasteiger partial charge in [-0.05, 0) is 42.5 Å². The number of halogens is 1. The van der Waals surface area contributed by atoms with Crippen molar-refractivity contribution in [3.05, 3.63) is 59.3 Å². The van der Waals surface area contributed by atoms with Gasteiger partial charge in [0.1, 0.15) is 35.5 Å². The van der Waals surface area contributed by atoms with Crippen molar-refractivity contribution in [2.45, 2.75) is 0 Å². The van der Waals surface area contributed by atoms with Gasteiger partial charge in [0.15, 0.2) is 0 Å². The smallest absolute Gasteiger partial charge is 0.267 e. The summed E-state index contributed by atoms with van der Waals surface area (Å²) in [7, 11) is 3.10. The van der Waals surface area contributed by atoms with Gasteiger partial charge in [-0.25, -0.2) is 0 Å². The molecule has 146 valence electrons. The molecular formula is C20H20ClN3O4. The Bertz CT molecular complexity index is 876. The number of ether oxygens (including phenoxy) is 3. The quantitative estimate of drug-likeness (QED) is 0.380. The topological polar surface area (TPSA) is 92.6 Å². The number of methoxy groups -OCH3 is 2. The summed E-state index contributed by atoms with van der Waals surface area (Å²) in [6.07, 6.45) is 1.35. The molecule has 2 N–H and O–H groups in total. The molecule has 1 amide bonds. The molecule has 0 heterocycles. The van der Waals surface area contributed by atoms with E-state index >= 15 is 0 Å². The van der Waals surface area contributed by atoms with Crippen LogP contribution in [0.25, 0.3) is 0 Å². The fraction of sp³-hybridized carbons (Fsp3) is 0.200. The minimum atomic E-state index is -0.549. The Morgan fingerprint density at radius 2 is 1.86 bits per heavy atom. The van der Waals surface area contributed by atoms with Crippen molar-refractivity contribution in [2.24, 2.45) is 0 Å². The van der Waals surface area contributed by atoms with Crippen LogP contribution in [0.1, 0.15) is 0 Å². The van der Waals surface area contributed by atoms with E-state index in [2.05, 4.69) is 10.6 Å². The average Bonchev–Trinajstić information content (AvgIpc) is 2.71. The summed E-state index contributed by atoms with van der Waals surface area (Å²) in [5.41, 5.74) is 0.385. The Morgan fingerprint density at radius 3 is 2.46 bits per heavy atom. The number of hydrogen-bond donors (Lipinski definition) is 2. The maximum Gasteiger partial charge on any atom is 0.267 e. The molecule has 0 spiro atoms. The molecule has 0 aliphatic carbocycles. The van der Waals surface area contributed by atoms with E-state index < -0.39 is 5.91 Å². The number of nitriles is 1. The third-order valence-electron chi connectivity index (χ3n) is 3.60. The summed E-state index contributed by atoms with van der Waals surface area (Å²) < 4.78 is 15.7. The molecule has 0 aliphatic heterocycles. The molecule has 0 aromatic heterocycles. The molecule has 0 saturated heterocycles. The van der Waals surface area contributed by atoms with E-state index in [-0.39, 0.29) is 5.57 Å². The van der Waals surface area contributed by atoms with E-state index in [1.54, 1.807) is 49.6 Å². The molecule has 0 aliphatic rings. The Labute approximate surface area is 168 Å². The fourth-order valence-corrected chi connectivity index (χ4v) is 2.42. The summed E-state index contributed by atoms with van der Waals surface area (Å²) >= 11 is 6.02. The summed E-state index contributed by atoms with van der Waals surface area (Å²) in [4.78, 5) is 12.2. The Balaban J connectivity index is 1.82. The summed E-state index contributed by atoms with van der Waals surface area (Å²) in [6, 6.07) is 13.8. The monoisotopic (exact) mass is 401 g/mol. The Kier molecular flexibility index (Phi) is 8.00. The molecular weight excluding hydrogens is 382 g/mol. The van der Waals surface area contributed by atoms with Crippen molar-refractivity contribution < 1.29 is 19.0 Å². The number of nitrogens with zero attached hydrogens (tertiary/aromatic N) is 1. The number of carbonyl (C=O) groups excluding carboxylic acids is 1. The number of benzene rings is 2. The van der Waals surface area contributed by atoms with Crippen LogP contribution in [0, 0.1) is 11.3 Å². The molecule has 2 rings (SSSR count). The highest BCUT2D eigenvalue weighted by molar-refractivity contribution is 6.32. The van der Waals surface area contributed by atoms with Crippen molar-refractivity contribution in [3.8, 4) is 23.3 Å². The van der Waals surface area contributed by atoms with Gasteiger partial charge >= 0.3 is 0 Å². The zero-order valence-electron chi connectivity index (χ0n) is 15.5. The van der Waals surface area contributed by atoms with Crippen LogP contribution in [-0.2, 0) is 4.79 Å². The van der Waals surface area contributed by atoms with Crippen molar-refractivity contribution in [2.75, 3.05) is 32.7 Å². The molecule has 28 heavy (non-hydrogen) atoms. The normalized spacial score (nSPS) is 10.6. The zero-order chi connectivity index (χ0) is 20.4. The van der Waals surface area contributed by atoms with Crippen LogP contribution in [0.5, 0.6) is 17.2 Å².